The second-order valence-corrected chi connectivity index (χ2v) is 5.95. The largest absolute Gasteiger partial charge is 0.493 e. The van der Waals surface area contributed by atoms with Gasteiger partial charge in [0, 0.05) is 6.07 Å². The number of carbonyl (C=O) groups excluding carboxylic acids is 1. The van der Waals surface area contributed by atoms with Crippen LogP contribution in [0.25, 0.3) is 10.8 Å². The van der Waals surface area contributed by atoms with Gasteiger partial charge in [0.15, 0.2) is 6.61 Å². The van der Waals surface area contributed by atoms with Gasteiger partial charge in [0.05, 0.1) is 6.61 Å². The molecule has 0 aliphatic heterocycles. The van der Waals surface area contributed by atoms with Gasteiger partial charge in [0.25, 0.3) is 0 Å². The van der Waals surface area contributed by atoms with Gasteiger partial charge >= 0.3 is 5.97 Å². The Balaban J connectivity index is 1.54. The molecule has 0 saturated carbocycles. The number of rotatable bonds is 8. The first-order chi connectivity index (χ1) is 12.7. The monoisotopic (exact) mass is 350 g/mol. The minimum atomic E-state index is -0.447. The summed E-state index contributed by atoms with van der Waals surface area (Å²) in [6.45, 7) is 2.62. The lowest BCUT2D eigenvalue weighted by molar-refractivity contribution is -0.136. The maximum Gasteiger partial charge on any atom is 0.349 e. The first-order valence-corrected chi connectivity index (χ1v) is 8.80. The standard InChI is InChI=1S/C22H22O4/c1-2-3-13-24-19-9-6-10-20(15-19)25-16-22(23)26-21-12-11-17-7-4-5-8-18(17)14-21/h4-12,14-15H,2-3,13,16H2,1H3. The fourth-order valence-electron chi connectivity index (χ4n) is 2.52. The van der Waals surface area contributed by atoms with Crippen molar-refractivity contribution in [2.24, 2.45) is 0 Å². The Morgan fingerprint density at radius 3 is 2.38 bits per heavy atom. The van der Waals surface area contributed by atoms with Crippen LogP contribution in [0.2, 0.25) is 0 Å². The summed E-state index contributed by atoms with van der Waals surface area (Å²) < 4.78 is 16.5. The molecule has 0 N–H and O–H groups in total. The van der Waals surface area contributed by atoms with E-state index in [0.29, 0.717) is 18.1 Å². The summed E-state index contributed by atoms with van der Waals surface area (Å²) in [5.74, 6) is 1.37. The van der Waals surface area contributed by atoms with Crippen molar-refractivity contribution in [3.8, 4) is 17.2 Å². The van der Waals surface area contributed by atoms with Crippen LogP contribution < -0.4 is 14.2 Å². The summed E-state index contributed by atoms with van der Waals surface area (Å²) in [6, 6.07) is 20.7. The number of fused-ring (bicyclic) bond motifs is 1. The summed E-state index contributed by atoms with van der Waals surface area (Å²) in [5.41, 5.74) is 0. The molecule has 0 saturated heterocycles. The Morgan fingerprint density at radius 2 is 1.58 bits per heavy atom. The third-order valence-corrected chi connectivity index (χ3v) is 3.88. The molecule has 0 fully saturated rings. The van der Waals surface area contributed by atoms with Crippen molar-refractivity contribution in [1.29, 1.82) is 0 Å². The van der Waals surface area contributed by atoms with Crippen molar-refractivity contribution < 1.29 is 19.0 Å². The van der Waals surface area contributed by atoms with Gasteiger partial charge in [-0.3, -0.25) is 0 Å². The average molecular weight is 350 g/mol. The van der Waals surface area contributed by atoms with Gasteiger partial charge in [-0.1, -0.05) is 49.7 Å². The van der Waals surface area contributed by atoms with Crippen LogP contribution in [0, 0.1) is 0 Å². The van der Waals surface area contributed by atoms with Crippen LogP contribution in [-0.2, 0) is 4.79 Å². The van der Waals surface area contributed by atoms with E-state index in [0.717, 1.165) is 29.4 Å². The lowest BCUT2D eigenvalue weighted by atomic mass is 10.1. The smallest absolute Gasteiger partial charge is 0.349 e. The van der Waals surface area contributed by atoms with E-state index in [-0.39, 0.29) is 6.61 Å². The van der Waals surface area contributed by atoms with E-state index < -0.39 is 5.97 Å². The van der Waals surface area contributed by atoms with E-state index in [1.165, 1.54) is 0 Å². The Hall–Kier alpha value is -3.01. The fourth-order valence-corrected chi connectivity index (χ4v) is 2.52. The highest BCUT2D eigenvalue weighted by Crippen LogP contribution is 2.22. The Bertz CT molecular complexity index is 873. The molecule has 0 spiro atoms. The van der Waals surface area contributed by atoms with Crippen molar-refractivity contribution in [3.63, 3.8) is 0 Å². The van der Waals surface area contributed by atoms with Gasteiger partial charge in [-0.15, -0.1) is 0 Å². The van der Waals surface area contributed by atoms with E-state index >= 15 is 0 Å². The van der Waals surface area contributed by atoms with Gasteiger partial charge in [0.2, 0.25) is 0 Å². The highest BCUT2D eigenvalue weighted by atomic mass is 16.6. The third-order valence-electron chi connectivity index (χ3n) is 3.88. The second kappa shape index (κ2) is 8.90. The molecule has 0 atom stereocenters. The lowest BCUT2D eigenvalue weighted by Gasteiger charge is -2.09. The summed E-state index contributed by atoms with van der Waals surface area (Å²) in [4.78, 5) is 12.0. The van der Waals surface area contributed by atoms with E-state index in [1.807, 2.05) is 48.5 Å². The second-order valence-electron chi connectivity index (χ2n) is 5.95. The number of esters is 1. The predicted octanol–water partition coefficient (Wildman–Crippen LogP) is 5.00. The quantitative estimate of drug-likeness (QED) is 0.326. The average Bonchev–Trinajstić information content (AvgIpc) is 2.67. The van der Waals surface area contributed by atoms with Crippen LogP contribution >= 0.6 is 0 Å². The van der Waals surface area contributed by atoms with Crippen LogP contribution in [-0.4, -0.2) is 19.2 Å². The zero-order valence-electron chi connectivity index (χ0n) is 14.8. The molecule has 26 heavy (non-hydrogen) atoms. The Kier molecular flexibility index (Phi) is 6.09. The van der Waals surface area contributed by atoms with Gasteiger partial charge in [-0.05, 0) is 41.5 Å². The van der Waals surface area contributed by atoms with E-state index in [1.54, 1.807) is 18.2 Å². The van der Waals surface area contributed by atoms with Gasteiger partial charge in [-0.25, -0.2) is 4.79 Å². The topological polar surface area (TPSA) is 44.8 Å². The SMILES string of the molecule is CCCCOc1cccc(OCC(=O)Oc2ccc3ccccc3c2)c1. The van der Waals surface area contributed by atoms with Crippen molar-refractivity contribution in [1.82, 2.24) is 0 Å². The van der Waals surface area contributed by atoms with Crippen molar-refractivity contribution in [3.05, 3.63) is 66.7 Å². The lowest BCUT2D eigenvalue weighted by Crippen LogP contribution is -2.17. The Morgan fingerprint density at radius 1 is 0.808 bits per heavy atom. The maximum absolute atomic E-state index is 12.0. The molecule has 0 amide bonds. The molecular weight excluding hydrogens is 328 g/mol. The van der Waals surface area contributed by atoms with Crippen molar-refractivity contribution in [2.75, 3.05) is 13.2 Å². The van der Waals surface area contributed by atoms with E-state index in [2.05, 4.69) is 6.92 Å². The predicted molar refractivity (Wildman–Crippen MR) is 102 cm³/mol. The molecule has 134 valence electrons. The molecule has 3 aromatic rings. The molecular formula is C22H22O4. The van der Waals surface area contributed by atoms with Crippen molar-refractivity contribution >= 4 is 16.7 Å². The highest BCUT2D eigenvalue weighted by Gasteiger charge is 2.07. The molecule has 0 aliphatic carbocycles. The summed E-state index contributed by atoms with van der Waals surface area (Å²) in [7, 11) is 0. The first kappa shape index (κ1) is 17.8. The number of ether oxygens (including phenoxy) is 3. The zero-order valence-corrected chi connectivity index (χ0v) is 14.8. The normalized spacial score (nSPS) is 10.5. The molecule has 0 bridgehead atoms. The maximum atomic E-state index is 12.0. The van der Waals surface area contributed by atoms with Gasteiger partial charge in [0.1, 0.15) is 17.2 Å². The number of carbonyl (C=O) groups is 1. The molecule has 0 radical (unpaired) electrons. The highest BCUT2D eigenvalue weighted by molar-refractivity contribution is 5.84. The molecule has 4 nitrogen and oxygen atoms in total. The molecule has 0 aliphatic rings. The van der Waals surface area contributed by atoms with E-state index in [9.17, 15) is 4.79 Å². The molecule has 4 heteroatoms. The van der Waals surface area contributed by atoms with E-state index in [4.69, 9.17) is 14.2 Å². The Labute approximate surface area is 153 Å². The van der Waals surface area contributed by atoms with Crippen LogP contribution in [0.3, 0.4) is 0 Å². The number of benzene rings is 3. The fraction of sp³-hybridized carbons (Fsp3) is 0.227. The van der Waals surface area contributed by atoms with Crippen molar-refractivity contribution in [2.45, 2.75) is 19.8 Å². The molecule has 0 unspecified atom stereocenters. The summed E-state index contributed by atoms with van der Waals surface area (Å²) in [6.07, 6.45) is 2.08. The number of hydrogen-bond donors (Lipinski definition) is 0. The first-order valence-electron chi connectivity index (χ1n) is 8.80. The molecule has 0 aromatic heterocycles. The molecule has 3 rings (SSSR count). The summed E-state index contributed by atoms with van der Waals surface area (Å²) >= 11 is 0. The van der Waals surface area contributed by atoms with Crippen LogP contribution in [0.15, 0.2) is 66.7 Å². The zero-order chi connectivity index (χ0) is 18.2. The minimum Gasteiger partial charge on any atom is -0.493 e. The van der Waals surface area contributed by atoms with Crippen LogP contribution in [0.1, 0.15) is 19.8 Å². The minimum absolute atomic E-state index is 0.161. The van der Waals surface area contributed by atoms with Crippen LogP contribution in [0.4, 0.5) is 0 Å². The van der Waals surface area contributed by atoms with Gasteiger partial charge < -0.3 is 14.2 Å². The molecule has 0 heterocycles. The third kappa shape index (κ3) is 4.99. The van der Waals surface area contributed by atoms with Crippen LogP contribution in [0.5, 0.6) is 17.2 Å². The van der Waals surface area contributed by atoms with Gasteiger partial charge in [-0.2, -0.15) is 0 Å². The number of unbranched alkanes of at least 4 members (excludes halogenated alkanes) is 1. The summed E-state index contributed by atoms with van der Waals surface area (Å²) in [5, 5.41) is 2.12. The molecule has 3 aromatic carbocycles. The number of hydrogen-bond acceptors (Lipinski definition) is 4.